The lowest BCUT2D eigenvalue weighted by Gasteiger charge is -2.07. The lowest BCUT2D eigenvalue weighted by atomic mass is 9.98. The zero-order valence-electron chi connectivity index (χ0n) is 7.29. The number of fused-ring (bicyclic) bond motifs is 1. The fourth-order valence-corrected chi connectivity index (χ4v) is 1.71. The monoisotopic (exact) mass is 158 g/mol. The van der Waals surface area contributed by atoms with Gasteiger partial charge in [0, 0.05) is 0 Å². The standard InChI is InChI=1S/C12H14/c1-2-4-8-12-10-6-5-9-11(12)7-3-1/h3,5-7,9-10H,1-2,4,8H2/b7-3+. The van der Waals surface area contributed by atoms with Gasteiger partial charge in [0.15, 0.2) is 0 Å². The molecule has 0 heterocycles. The van der Waals surface area contributed by atoms with E-state index < -0.39 is 0 Å². The predicted octanol–water partition coefficient (Wildman–Crippen LogP) is 3.43. The van der Waals surface area contributed by atoms with Crippen molar-refractivity contribution in [1.29, 1.82) is 0 Å². The summed E-state index contributed by atoms with van der Waals surface area (Å²) in [5.74, 6) is 0. The summed E-state index contributed by atoms with van der Waals surface area (Å²) in [7, 11) is 0. The summed E-state index contributed by atoms with van der Waals surface area (Å²) in [5.41, 5.74) is 2.92. The quantitative estimate of drug-likeness (QED) is 0.542. The fraction of sp³-hybridized carbons (Fsp3) is 0.333. The van der Waals surface area contributed by atoms with Crippen LogP contribution in [-0.2, 0) is 6.42 Å². The molecule has 0 N–H and O–H groups in total. The van der Waals surface area contributed by atoms with Crippen LogP contribution in [-0.4, -0.2) is 0 Å². The maximum Gasteiger partial charge on any atom is -0.0228 e. The van der Waals surface area contributed by atoms with Gasteiger partial charge in [-0.05, 0) is 36.8 Å². The summed E-state index contributed by atoms with van der Waals surface area (Å²) in [6, 6.07) is 8.70. The molecule has 1 aliphatic carbocycles. The average Bonchev–Trinajstić information content (AvgIpc) is 2.06. The summed E-state index contributed by atoms with van der Waals surface area (Å²) in [6.07, 6.45) is 9.72. The first-order valence-electron chi connectivity index (χ1n) is 4.71. The average molecular weight is 158 g/mol. The van der Waals surface area contributed by atoms with Crippen LogP contribution in [0.25, 0.3) is 6.08 Å². The van der Waals surface area contributed by atoms with E-state index >= 15 is 0 Å². The van der Waals surface area contributed by atoms with Crippen LogP contribution in [0.15, 0.2) is 30.3 Å². The zero-order chi connectivity index (χ0) is 8.23. The van der Waals surface area contributed by atoms with E-state index in [1.807, 2.05) is 0 Å². The second-order valence-electron chi connectivity index (χ2n) is 3.35. The normalized spacial score (nSPS) is 19.0. The first-order valence-corrected chi connectivity index (χ1v) is 4.71. The molecule has 0 saturated heterocycles. The van der Waals surface area contributed by atoms with Gasteiger partial charge in [-0.3, -0.25) is 0 Å². The van der Waals surface area contributed by atoms with E-state index in [0.717, 1.165) is 0 Å². The van der Waals surface area contributed by atoms with E-state index in [4.69, 9.17) is 0 Å². The molecule has 1 aromatic carbocycles. The molecule has 0 aliphatic heterocycles. The SMILES string of the molecule is C1=C/c2ccccc2CCCC/1. The minimum Gasteiger partial charge on any atom is -0.0839 e. The molecule has 62 valence electrons. The van der Waals surface area contributed by atoms with E-state index in [2.05, 4.69) is 36.4 Å². The molecule has 0 nitrogen and oxygen atoms in total. The molecule has 0 radical (unpaired) electrons. The van der Waals surface area contributed by atoms with E-state index in [1.54, 1.807) is 0 Å². The predicted molar refractivity (Wildman–Crippen MR) is 53.0 cm³/mol. The van der Waals surface area contributed by atoms with Crippen LogP contribution in [0, 0.1) is 0 Å². The fourth-order valence-electron chi connectivity index (χ4n) is 1.71. The maximum atomic E-state index is 2.29. The van der Waals surface area contributed by atoms with Gasteiger partial charge < -0.3 is 0 Å². The molecule has 1 aliphatic rings. The van der Waals surface area contributed by atoms with Crippen molar-refractivity contribution in [1.82, 2.24) is 0 Å². The molecule has 0 bridgehead atoms. The third-order valence-electron chi connectivity index (χ3n) is 2.42. The van der Waals surface area contributed by atoms with Gasteiger partial charge >= 0.3 is 0 Å². The molecular weight excluding hydrogens is 144 g/mol. The Hall–Kier alpha value is -1.04. The van der Waals surface area contributed by atoms with Gasteiger partial charge in [-0.1, -0.05) is 36.4 Å². The second kappa shape index (κ2) is 3.57. The van der Waals surface area contributed by atoms with E-state index in [9.17, 15) is 0 Å². The van der Waals surface area contributed by atoms with Crippen molar-refractivity contribution in [3.8, 4) is 0 Å². The molecule has 0 spiro atoms. The van der Waals surface area contributed by atoms with Crippen LogP contribution < -0.4 is 0 Å². The van der Waals surface area contributed by atoms with Crippen molar-refractivity contribution in [2.75, 3.05) is 0 Å². The highest BCUT2D eigenvalue weighted by Crippen LogP contribution is 2.17. The summed E-state index contributed by atoms with van der Waals surface area (Å²) < 4.78 is 0. The Balaban J connectivity index is 2.36. The Kier molecular flexibility index (Phi) is 2.26. The van der Waals surface area contributed by atoms with Gasteiger partial charge in [-0.25, -0.2) is 0 Å². The second-order valence-corrected chi connectivity index (χ2v) is 3.35. The molecule has 0 unspecified atom stereocenters. The summed E-state index contributed by atoms with van der Waals surface area (Å²) in [6.45, 7) is 0. The van der Waals surface area contributed by atoms with Gasteiger partial charge in [-0.2, -0.15) is 0 Å². The van der Waals surface area contributed by atoms with Crippen LogP contribution >= 0.6 is 0 Å². The van der Waals surface area contributed by atoms with E-state index in [-0.39, 0.29) is 0 Å². The molecule has 0 atom stereocenters. The van der Waals surface area contributed by atoms with Gasteiger partial charge in [0.05, 0.1) is 0 Å². The Morgan fingerprint density at radius 1 is 1.00 bits per heavy atom. The molecule has 0 aromatic heterocycles. The van der Waals surface area contributed by atoms with Gasteiger partial charge in [0.2, 0.25) is 0 Å². The Morgan fingerprint density at radius 2 is 1.92 bits per heavy atom. The Morgan fingerprint density at radius 3 is 2.92 bits per heavy atom. The summed E-state index contributed by atoms with van der Waals surface area (Å²) in [4.78, 5) is 0. The van der Waals surface area contributed by atoms with Crippen molar-refractivity contribution < 1.29 is 0 Å². The van der Waals surface area contributed by atoms with Gasteiger partial charge in [0.25, 0.3) is 0 Å². The Bertz CT molecular complexity index is 284. The minimum atomic E-state index is 1.24. The van der Waals surface area contributed by atoms with Crippen molar-refractivity contribution in [3.63, 3.8) is 0 Å². The maximum absolute atomic E-state index is 2.29. The van der Waals surface area contributed by atoms with Crippen LogP contribution in [0.4, 0.5) is 0 Å². The third-order valence-corrected chi connectivity index (χ3v) is 2.42. The summed E-state index contributed by atoms with van der Waals surface area (Å²) >= 11 is 0. The number of aryl methyl sites for hydroxylation is 1. The van der Waals surface area contributed by atoms with E-state index in [0.29, 0.717) is 0 Å². The Labute approximate surface area is 73.9 Å². The highest BCUT2D eigenvalue weighted by atomic mass is 14.1. The van der Waals surface area contributed by atoms with Crippen LogP contribution in [0.2, 0.25) is 0 Å². The molecule has 0 heteroatoms. The van der Waals surface area contributed by atoms with Crippen LogP contribution in [0.5, 0.6) is 0 Å². The lowest BCUT2D eigenvalue weighted by molar-refractivity contribution is 0.743. The molecule has 0 saturated carbocycles. The number of benzene rings is 1. The van der Waals surface area contributed by atoms with Gasteiger partial charge in [0.1, 0.15) is 0 Å². The molecule has 2 rings (SSSR count). The minimum absolute atomic E-state index is 1.24. The van der Waals surface area contributed by atoms with Crippen molar-refractivity contribution >= 4 is 6.08 Å². The largest absolute Gasteiger partial charge is 0.0839 e. The third kappa shape index (κ3) is 1.58. The highest BCUT2D eigenvalue weighted by molar-refractivity contribution is 5.53. The molecule has 0 amide bonds. The first kappa shape index (κ1) is 7.60. The van der Waals surface area contributed by atoms with Crippen LogP contribution in [0.3, 0.4) is 0 Å². The molecular formula is C12H14. The lowest BCUT2D eigenvalue weighted by Crippen LogP contribution is -1.91. The number of hydrogen-bond donors (Lipinski definition) is 0. The number of allylic oxidation sites excluding steroid dienone is 1. The van der Waals surface area contributed by atoms with Crippen LogP contribution in [0.1, 0.15) is 30.4 Å². The molecule has 1 aromatic rings. The van der Waals surface area contributed by atoms with Gasteiger partial charge in [-0.15, -0.1) is 0 Å². The number of hydrogen-bond acceptors (Lipinski definition) is 0. The van der Waals surface area contributed by atoms with E-state index in [1.165, 1.54) is 36.8 Å². The number of rotatable bonds is 0. The molecule has 12 heavy (non-hydrogen) atoms. The topological polar surface area (TPSA) is 0 Å². The summed E-state index contributed by atoms with van der Waals surface area (Å²) in [5, 5.41) is 0. The van der Waals surface area contributed by atoms with Crippen molar-refractivity contribution in [2.24, 2.45) is 0 Å². The highest BCUT2D eigenvalue weighted by Gasteiger charge is 2.00. The first-order chi connectivity index (χ1) is 5.97. The zero-order valence-corrected chi connectivity index (χ0v) is 7.29. The smallest absolute Gasteiger partial charge is 0.0228 e. The molecule has 0 fully saturated rings. The van der Waals surface area contributed by atoms with Crippen molar-refractivity contribution in [2.45, 2.75) is 25.7 Å². The van der Waals surface area contributed by atoms with Crippen molar-refractivity contribution in [3.05, 3.63) is 41.5 Å².